The lowest BCUT2D eigenvalue weighted by atomic mass is 10.1. The highest BCUT2D eigenvalue weighted by Gasteiger charge is 2.02. The molecule has 4 nitrogen and oxygen atoms in total. The molecule has 0 aliphatic heterocycles. The van der Waals surface area contributed by atoms with Crippen molar-refractivity contribution in [2.75, 3.05) is 5.32 Å². The van der Waals surface area contributed by atoms with E-state index in [0.29, 0.717) is 17.1 Å². The van der Waals surface area contributed by atoms with E-state index < -0.39 is 0 Å². The average molecular weight is 355 g/mol. The predicted octanol–water partition coefficient (Wildman–Crippen LogP) is 3.81. The normalized spacial score (nSPS) is 11.4. The van der Waals surface area contributed by atoms with Gasteiger partial charge in [0.1, 0.15) is 0 Å². The molecule has 0 heterocycles. The van der Waals surface area contributed by atoms with Crippen LogP contribution in [0.2, 0.25) is 5.02 Å². The zero-order valence-corrected chi connectivity index (χ0v) is 12.8. The number of amidine groups is 1. The number of rotatable bonds is 4. The van der Waals surface area contributed by atoms with Gasteiger partial charge in [0, 0.05) is 27.3 Å². The summed E-state index contributed by atoms with van der Waals surface area (Å²) in [5, 5.41) is 15.5. The van der Waals surface area contributed by atoms with Crippen molar-refractivity contribution in [3.63, 3.8) is 0 Å². The van der Waals surface area contributed by atoms with E-state index in [4.69, 9.17) is 22.5 Å². The summed E-state index contributed by atoms with van der Waals surface area (Å²) in [6.07, 6.45) is 0. The lowest BCUT2D eigenvalue weighted by molar-refractivity contribution is 0.318. The van der Waals surface area contributed by atoms with Gasteiger partial charge < -0.3 is 16.3 Å². The third-order valence-corrected chi connectivity index (χ3v) is 3.66. The van der Waals surface area contributed by atoms with Crippen molar-refractivity contribution in [1.29, 1.82) is 0 Å². The van der Waals surface area contributed by atoms with E-state index in [1.807, 2.05) is 42.5 Å². The molecule has 0 fully saturated rings. The Morgan fingerprint density at radius 3 is 2.55 bits per heavy atom. The lowest BCUT2D eigenvalue weighted by Crippen LogP contribution is -2.13. The summed E-state index contributed by atoms with van der Waals surface area (Å²) in [6.45, 7) is 0.663. The zero-order valence-electron chi connectivity index (χ0n) is 10.5. The maximum Gasteiger partial charge on any atom is 0.170 e. The molecule has 2 aromatic rings. The van der Waals surface area contributed by atoms with Crippen LogP contribution in [-0.2, 0) is 6.54 Å². The highest BCUT2D eigenvalue weighted by atomic mass is 79.9. The second-order valence-corrected chi connectivity index (χ2v) is 5.45. The van der Waals surface area contributed by atoms with Crippen LogP contribution in [-0.4, -0.2) is 11.0 Å². The summed E-state index contributed by atoms with van der Waals surface area (Å²) in [5.74, 6) is 0.102. The Labute approximate surface area is 130 Å². The largest absolute Gasteiger partial charge is 0.409 e. The highest BCUT2D eigenvalue weighted by Crippen LogP contribution is 2.26. The number of nitrogens with two attached hydrogens (primary N) is 1. The molecule has 4 N–H and O–H groups in total. The first-order valence-corrected chi connectivity index (χ1v) is 7.03. The van der Waals surface area contributed by atoms with Gasteiger partial charge in [0.15, 0.2) is 5.84 Å². The minimum Gasteiger partial charge on any atom is -0.409 e. The van der Waals surface area contributed by atoms with Crippen LogP contribution in [0, 0.1) is 0 Å². The average Bonchev–Trinajstić information content (AvgIpc) is 2.46. The molecule has 0 atom stereocenters. The van der Waals surface area contributed by atoms with Crippen LogP contribution >= 0.6 is 27.5 Å². The van der Waals surface area contributed by atoms with Crippen LogP contribution in [0.1, 0.15) is 11.1 Å². The number of benzene rings is 2. The molecule has 0 aliphatic rings. The Bertz CT molecular complexity index is 629. The molecule has 0 amide bonds. The van der Waals surface area contributed by atoms with Crippen molar-refractivity contribution in [3.8, 4) is 0 Å². The van der Waals surface area contributed by atoms with Crippen molar-refractivity contribution >= 4 is 39.1 Å². The van der Waals surface area contributed by atoms with Crippen molar-refractivity contribution in [2.24, 2.45) is 10.9 Å². The third-order valence-electron chi connectivity index (χ3n) is 2.77. The molecule has 20 heavy (non-hydrogen) atoms. The summed E-state index contributed by atoms with van der Waals surface area (Å²) in [4.78, 5) is 0. The van der Waals surface area contributed by atoms with Crippen LogP contribution < -0.4 is 11.1 Å². The zero-order chi connectivity index (χ0) is 14.5. The summed E-state index contributed by atoms with van der Waals surface area (Å²) in [7, 11) is 0. The predicted molar refractivity (Wildman–Crippen MR) is 85.4 cm³/mol. The summed E-state index contributed by atoms with van der Waals surface area (Å²) >= 11 is 9.35. The quantitative estimate of drug-likeness (QED) is 0.338. The minimum absolute atomic E-state index is 0.102. The van der Waals surface area contributed by atoms with E-state index in [1.165, 1.54) is 0 Å². The first kappa shape index (κ1) is 14.7. The van der Waals surface area contributed by atoms with Gasteiger partial charge >= 0.3 is 0 Å². The van der Waals surface area contributed by atoms with E-state index in [9.17, 15) is 0 Å². The van der Waals surface area contributed by atoms with Gasteiger partial charge in [-0.15, -0.1) is 0 Å². The Balaban J connectivity index is 2.04. The monoisotopic (exact) mass is 353 g/mol. The molecule has 0 saturated heterocycles. The van der Waals surface area contributed by atoms with E-state index in [1.54, 1.807) is 0 Å². The number of halogens is 2. The molecule has 104 valence electrons. The Morgan fingerprint density at radius 2 is 1.95 bits per heavy atom. The fraction of sp³-hybridized carbons (Fsp3) is 0.0714. The SMILES string of the molecule is N/C(=N/O)c1ccc(CNc2ccc(Cl)cc2Br)cc1. The Kier molecular flexibility index (Phi) is 4.87. The fourth-order valence-corrected chi connectivity index (χ4v) is 2.50. The molecule has 2 aromatic carbocycles. The van der Waals surface area contributed by atoms with Gasteiger partial charge in [0.25, 0.3) is 0 Å². The van der Waals surface area contributed by atoms with Gasteiger partial charge in [-0.05, 0) is 39.7 Å². The van der Waals surface area contributed by atoms with E-state index in [2.05, 4.69) is 26.4 Å². The molecule has 0 saturated carbocycles. The van der Waals surface area contributed by atoms with Gasteiger partial charge in [0.2, 0.25) is 0 Å². The molecular formula is C14H13BrClN3O. The number of nitrogens with zero attached hydrogens (tertiary/aromatic N) is 1. The Morgan fingerprint density at radius 1 is 1.25 bits per heavy atom. The van der Waals surface area contributed by atoms with Gasteiger partial charge in [0.05, 0.1) is 0 Å². The van der Waals surface area contributed by atoms with Crippen LogP contribution in [0.3, 0.4) is 0 Å². The number of nitrogens with one attached hydrogen (secondary N) is 1. The minimum atomic E-state index is 0.102. The van der Waals surface area contributed by atoms with E-state index >= 15 is 0 Å². The van der Waals surface area contributed by atoms with Crippen molar-refractivity contribution < 1.29 is 5.21 Å². The fourth-order valence-electron chi connectivity index (χ4n) is 1.68. The van der Waals surface area contributed by atoms with Crippen molar-refractivity contribution in [3.05, 3.63) is 63.1 Å². The first-order chi connectivity index (χ1) is 9.60. The maximum atomic E-state index is 8.60. The molecule has 0 radical (unpaired) electrons. The third kappa shape index (κ3) is 3.65. The second-order valence-electron chi connectivity index (χ2n) is 4.16. The molecule has 0 aliphatic carbocycles. The van der Waals surface area contributed by atoms with Crippen LogP contribution in [0.4, 0.5) is 5.69 Å². The van der Waals surface area contributed by atoms with Crippen molar-refractivity contribution in [2.45, 2.75) is 6.54 Å². The number of hydrogen-bond acceptors (Lipinski definition) is 3. The molecule has 0 aromatic heterocycles. The van der Waals surface area contributed by atoms with Crippen LogP contribution in [0.15, 0.2) is 52.1 Å². The van der Waals surface area contributed by atoms with Gasteiger partial charge in [-0.3, -0.25) is 0 Å². The summed E-state index contributed by atoms with van der Waals surface area (Å²) in [6, 6.07) is 13.0. The molecule has 6 heteroatoms. The lowest BCUT2D eigenvalue weighted by Gasteiger charge is -2.09. The maximum absolute atomic E-state index is 8.60. The first-order valence-electron chi connectivity index (χ1n) is 5.86. The van der Waals surface area contributed by atoms with Crippen LogP contribution in [0.5, 0.6) is 0 Å². The van der Waals surface area contributed by atoms with Gasteiger partial charge in [-0.1, -0.05) is 41.0 Å². The molecular weight excluding hydrogens is 342 g/mol. The van der Waals surface area contributed by atoms with Gasteiger partial charge in [-0.2, -0.15) is 0 Å². The van der Waals surface area contributed by atoms with E-state index in [0.717, 1.165) is 15.7 Å². The standard InChI is InChI=1S/C14H13BrClN3O/c15-12-7-11(16)5-6-13(12)18-8-9-1-3-10(4-2-9)14(17)19-20/h1-7,18,20H,8H2,(H2,17,19). The molecule has 0 unspecified atom stereocenters. The highest BCUT2D eigenvalue weighted by molar-refractivity contribution is 9.10. The Hall–Kier alpha value is -1.72. The number of hydrogen-bond donors (Lipinski definition) is 3. The summed E-state index contributed by atoms with van der Waals surface area (Å²) in [5.41, 5.74) is 8.25. The summed E-state index contributed by atoms with van der Waals surface area (Å²) < 4.78 is 0.915. The molecule has 2 rings (SSSR count). The second kappa shape index (κ2) is 6.63. The topological polar surface area (TPSA) is 70.6 Å². The van der Waals surface area contributed by atoms with Crippen molar-refractivity contribution in [1.82, 2.24) is 0 Å². The van der Waals surface area contributed by atoms with Crippen LogP contribution in [0.25, 0.3) is 0 Å². The number of anilines is 1. The number of oxime groups is 1. The van der Waals surface area contributed by atoms with E-state index in [-0.39, 0.29) is 5.84 Å². The van der Waals surface area contributed by atoms with Gasteiger partial charge in [-0.25, -0.2) is 0 Å². The molecule has 0 bridgehead atoms. The smallest absolute Gasteiger partial charge is 0.170 e. The molecule has 0 spiro atoms.